The van der Waals surface area contributed by atoms with E-state index in [4.69, 9.17) is 5.11 Å². The third kappa shape index (κ3) is 2.80. The van der Waals surface area contributed by atoms with Gasteiger partial charge in [-0.05, 0) is 36.4 Å². The normalized spacial score (nSPS) is 10.1. The van der Waals surface area contributed by atoms with Gasteiger partial charge in [0.1, 0.15) is 17.2 Å². The average molecular weight is 277 g/mol. The molecule has 2 aromatic carbocycles. The minimum Gasteiger partial charge on any atom is -0.478 e. The largest absolute Gasteiger partial charge is 0.478 e. The Morgan fingerprint density at radius 2 is 1.50 bits per heavy atom. The Balaban J connectivity index is 2.21. The molecule has 0 aromatic heterocycles. The fraction of sp³-hybridized carbons (Fsp3) is 0. The van der Waals surface area contributed by atoms with Gasteiger partial charge in [0.25, 0.3) is 5.91 Å². The molecule has 4 nitrogen and oxygen atoms in total. The molecule has 6 heteroatoms. The highest BCUT2D eigenvalue weighted by Crippen LogP contribution is 2.15. The summed E-state index contributed by atoms with van der Waals surface area (Å²) in [6.07, 6.45) is 0. The highest BCUT2D eigenvalue weighted by atomic mass is 19.1. The molecule has 0 atom stereocenters. The molecule has 20 heavy (non-hydrogen) atoms. The maximum Gasteiger partial charge on any atom is 0.335 e. The Morgan fingerprint density at radius 1 is 0.950 bits per heavy atom. The number of carbonyl (C=O) groups excluding carboxylic acids is 1. The molecule has 0 fully saturated rings. The SMILES string of the molecule is O=C(O)c1ccc(NC(=O)c2c(F)cccc2F)cc1. The van der Waals surface area contributed by atoms with Gasteiger partial charge in [-0.25, -0.2) is 13.6 Å². The van der Waals surface area contributed by atoms with Crippen molar-refractivity contribution in [2.24, 2.45) is 0 Å². The summed E-state index contributed by atoms with van der Waals surface area (Å²) in [6, 6.07) is 8.33. The summed E-state index contributed by atoms with van der Waals surface area (Å²) in [5.74, 6) is -3.99. The number of carbonyl (C=O) groups is 2. The highest BCUT2D eigenvalue weighted by molar-refractivity contribution is 6.04. The van der Waals surface area contributed by atoms with Crippen LogP contribution in [0, 0.1) is 11.6 Å². The average Bonchev–Trinajstić information content (AvgIpc) is 2.39. The summed E-state index contributed by atoms with van der Waals surface area (Å²) in [6.45, 7) is 0. The summed E-state index contributed by atoms with van der Waals surface area (Å²) in [4.78, 5) is 22.4. The van der Waals surface area contributed by atoms with Gasteiger partial charge in [0.15, 0.2) is 0 Å². The van der Waals surface area contributed by atoms with Crippen LogP contribution in [-0.4, -0.2) is 17.0 Å². The molecule has 0 saturated carbocycles. The van der Waals surface area contributed by atoms with Crippen LogP contribution in [0.5, 0.6) is 0 Å². The lowest BCUT2D eigenvalue weighted by molar-refractivity contribution is 0.0696. The minimum absolute atomic E-state index is 0.0417. The van der Waals surface area contributed by atoms with E-state index >= 15 is 0 Å². The maximum absolute atomic E-state index is 13.4. The van der Waals surface area contributed by atoms with Crippen molar-refractivity contribution in [2.45, 2.75) is 0 Å². The zero-order valence-electron chi connectivity index (χ0n) is 10.1. The highest BCUT2D eigenvalue weighted by Gasteiger charge is 2.17. The molecule has 0 aliphatic carbocycles. The fourth-order valence-electron chi connectivity index (χ4n) is 1.60. The van der Waals surface area contributed by atoms with E-state index in [0.717, 1.165) is 18.2 Å². The summed E-state index contributed by atoms with van der Waals surface area (Å²) in [5, 5.41) is 11.0. The van der Waals surface area contributed by atoms with Gasteiger partial charge >= 0.3 is 5.97 Å². The van der Waals surface area contributed by atoms with E-state index in [1.54, 1.807) is 0 Å². The van der Waals surface area contributed by atoms with Crippen molar-refractivity contribution in [3.8, 4) is 0 Å². The second kappa shape index (κ2) is 5.48. The van der Waals surface area contributed by atoms with Gasteiger partial charge in [0.2, 0.25) is 0 Å². The second-order valence-electron chi connectivity index (χ2n) is 3.93. The first-order valence-corrected chi connectivity index (χ1v) is 5.58. The molecule has 2 N–H and O–H groups in total. The van der Waals surface area contributed by atoms with E-state index in [-0.39, 0.29) is 11.3 Å². The van der Waals surface area contributed by atoms with Crippen LogP contribution in [0.1, 0.15) is 20.7 Å². The number of anilines is 1. The number of hydrogen-bond acceptors (Lipinski definition) is 2. The van der Waals surface area contributed by atoms with E-state index < -0.39 is 29.1 Å². The minimum atomic E-state index is -1.11. The number of amides is 1. The lowest BCUT2D eigenvalue weighted by Crippen LogP contribution is -2.15. The van der Waals surface area contributed by atoms with Crippen molar-refractivity contribution >= 4 is 17.6 Å². The van der Waals surface area contributed by atoms with Gasteiger partial charge in [0, 0.05) is 5.69 Å². The van der Waals surface area contributed by atoms with Crippen molar-refractivity contribution in [1.29, 1.82) is 0 Å². The molecule has 0 radical (unpaired) electrons. The Bertz CT molecular complexity index is 648. The quantitative estimate of drug-likeness (QED) is 0.906. The molecule has 0 spiro atoms. The second-order valence-corrected chi connectivity index (χ2v) is 3.93. The molecule has 0 saturated heterocycles. The van der Waals surface area contributed by atoms with Gasteiger partial charge in [-0.3, -0.25) is 4.79 Å². The monoisotopic (exact) mass is 277 g/mol. The molecule has 1 amide bonds. The smallest absolute Gasteiger partial charge is 0.335 e. The van der Waals surface area contributed by atoms with Crippen LogP contribution in [0.15, 0.2) is 42.5 Å². The Labute approximate surface area is 112 Å². The van der Waals surface area contributed by atoms with E-state index in [1.807, 2.05) is 0 Å². The lowest BCUT2D eigenvalue weighted by atomic mass is 10.1. The van der Waals surface area contributed by atoms with Gasteiger partial charge in [0.05, 0.1) is 5.56 Å². The first kappa shape index (κ1) is 13.7. The molecule has 2 rings (SSSR count). The van der Waals surface area contributed by atoms with Crippen LogP contribution in [0.25, 0.3) is 0 Å². The molecule has 2 aromatic rings. The van der Waals surface area contributed by atoms with Gasteiger partial charge < -0.3 is 10.4 Å². The zero-order valence-corrected chi connectivity index (χ0v) is 10.1. The van der Waals surface area contributed by atoms with Crippen molar-refractivity contribution < 1.29 is 23.5 Å². The molecule has 0 aliphatic heterocycles. The molecular formula is C14H9F2NO3. The third-order valence-electron chi connectivity index (χ3n) is 2.58. The number of rotatable bonds is 3. The maximum atomic E-state index is 13.4. The van der Waals surface area contributed by atoms with Crippen LogP contribution in [0.4, 0.5) is 14.5 Å². The third-order valence-corrected chi connectivity index (χ3v) is 2.58. The van der Waals surface area contributed by atoms with Crippen molar-refractivity contribution in [3.05, 3.63) is 65.2 Å². The summed E-state index contributed by atoms with van der Waals surface area (Å²) in [5.41, 5.74) is -0.405. The lowest BCUT2D eigenvalue weighted by Gasteiger charge is -2.07. The number of nitrogens with one attached hydrogen (secondary N) is 1. The van der Waals surface area contributed by atoms with Gasteiger partial charge in [-0.15, -0.1) is 0 Å². The van der Waals surface area contributed by atoms with Gasteiger partial charge in [-0.1, -0.05) is 6.07 Å². The van der Waals surface area contributed by atoms with Crippen LogP contribution in [-0.2, 0) is 0 Å². The first-order valence-electron chi connectivity index (χ1n) is 5.58. The molecule has 0 unspecified atom stereocenters. The van der Waals surface area contributed by atoms with E-state index in [9.17, 15) is 18.4 Å². The number of benzene rings is 2. The van der Waals surface area contributed by atoms with Crippen molar-refractivity contribution in [3.63, 3.8) is 0 Å². The first-order chi connectivity index (χ1) is 9.49. The summed E-state index contributed by atoms with van der Waals surface area (Å²) in [7, 11) is 0. The number of hydrogen-bond donors (Lipinski definition) is 2. The Hall–Kier alpha value is -2.76. The molecule has 102 valence electrons. The van der Waals surface area contributed by atoms with Crippen LogP contribution >= 0.6 is 0 Å². The number of aromatic carboxylic acids is 1. The molecular weight excluding hydrogens is 268 g/mol. The fourth-order valence-corrected chi connectivity index (χ4v) is 1.60. The van der Waals surface area contributed by atoms with Crippen molar-refractivity contribution in [2.75, 3.05) is 5.32 Å². The summed E-state index contributed by atoms with van der Waals surface area (Å²) >= 11 is 0. The molecule has 0 bridgehead atoms. The van der Waals surface area contributed by atoms with Crippen LogP contribution in [0.2, 0.25) is 0 Å². The Morgan fingerprint density at radius 3 is 2.00 bits per heavy atom. The predicted molar refractivity (Wildman–Crippen MR) is 67.7 cm³/mol. The van der Waals surface area contributed by atoms with E-state index in [0.29, 0.717) is 0 Å². The standard InChI is InChI=1S/C14H9F2NO3/c15-10-2-1-3-11(16)12(10)13(18)17-9-6-4-8(5-7-9)14(19)20/h1-7H,(H,17,18)(H,19,20). The number of carboxylic acids is 1. The van der Waals surface area contributed by atoms with Crippen molar-refractivity contribution in [1.82, 2.24) is 0 Å². The zero-order chi connectivity index (χ0) is 14.7. The summed E-state index contributed by atoms with van der Waals surface area (Å²) < 4.78 is 26.8. The molecule has 0 heterocycles. The predicted octanol–water partition coefficient (Wildman–Crippen LogP) is 2.92. The number of carboxylic acid groups (broad SMARTS) is 1. The topological polar surface area (TPSA) is 66.4 Å². The van der Waals surface area contributed by atoms with Gasteiger partial charge in [-0.2, -0.15) is 0 Å². The van der Waals surface area contributed by atoms with E-state index in [2.05, 4.69) is 5.32 Å². The van der Waals surface area contributed by atoms with Crippen LogP contribution < -0.4 is 5.32 Å². The Kier molecular flexibility index (Phi) is 3.74. The molecule has 0 aliphatic rings. The van der Waals surface area contributed by atoms with Crippen LogP contribution in [0.3, 0.4) is 0 Å². The van der Waals surface area contributed by atoms with E-state index in [1.165, 1.54) is 24.3 Å². The number of halogens is 2.